The lowest BCUT2D eigenvalue weighted by Crippen LogP contribution is -2.37. The maximum absolute atomic E-state index is 11.6. The molecule has 0 aliphatic rings. The van der Waals surface area contributed by atoms with E-state index in [1.165, 1.54) is 0 Å². The molecular weight excluding hydrogens is 278 g/mol. The molecule has 0 unspecified atom stereocenters. The Bertz CT molecular complexity index is 438. The van der Waals surface area contributed by atoms with Crippen LogP contribution in [-0.2, 0) is 16.1 Å². The third kappa shape index (κ3) is 8.29. The Balaban J connectivity index is 2.13. The van der Waals surface area contributed by atoms with Crippen LogP contribution in [-0.4, -0.2) is 31.6 Å². The molecule has 0 spiro atoms. The molecule has 22 heavy (non-hydrogen) atoms. The minimum Gasteiger partial charge on any atom is -0.461 e. The molecule has 1 rings (SSSR count). The molecule has 0 saturated carbocycles. The smallest absolute Gasteiger partial charge is 0.306 e. The van der Waals surface area contributed by atoms with E-state index in [1.54, 1.807) is 0 Å². The molecule has 122 valence electrons. The summed E-state index contributed by atoms with van der Waals surface area (Å²) in [6.07, 6.45) is 2.11. The Morgan fingerprint density at radius 2 is 1.77 bits per heavy atom. The third-order valence-electron chi connectivity index (χ3n) is 2.99. The molecule has 0 atom stereocenters. The molecule has 5 nitrogen and oxygen atoms in total. The first-order chi connectivity index (χ1) is 10.8. The van der Waals surface area contributed by atoms with Crippen LogP contribution >= 0.6 is 0 Å². The van der Waals surface area contributed by atoms with Gasteiger partial charge in [0, 0.05) is 26.1 Å². The summed E-state index contributed by atoms with van der Waals surface area (Å²) in [5, 5.41) is 6.34. The second-order valence-electron chi connectivity index (χ2n) is 4.89. The van der Waals surface area contributed by atoms with Crippen LogP contribution < -0.4 is 10.6 Å². The van der Waals surface area contributed by atoms with Gasteiger partial charge in [0.15, 0.2) is 5.96 Å². The standard InChI is InChI=1S/C17H27N3O2/c1-3-18-17(19-4-2)20-13-9-8-12-16(21)22-14-15-10-6-5-7-11-15/h5-7,10-11H,3-4,8-9,12-14H2,1-2H3,(H2,18,19,20). The summed E-state index contributed by atoms with van der Waals surface area (Å²) < 4.78 is 5.23. The van der Waals surface area contributed by atoms with Crippen molar-refractivity contribution >= 4 is 11.9 Å². The van der Waals surface area contributed by atoms with E-state index < -0.39 is 0 Å². The number of ether oxygens (including phenoxy) is 1. The Morgan fingerprint density at radius 1 is 1.09 bits per heavy atom. The summed E-state index contributed by atoms with van der Waals surface area (Å²) >= 11 is 0. The Hall–Kier alpha value is -2.04. The molecule has 5 heteroatoms. The van der Waals surface area contributed by atoms with Crippen LogP contribution in [0.3, 0.4) is 0 Å². The quantitative estimate of drug-likeness (QED) is 0.318. The van der Waals surface area contributed by atoms with Crippen LogP contribution in [0.2, 0.25) is 0 Å². The molecule has 0 fully saturated rings. The van der Waals surface area contributed by atoms with Gasteiger partial charge in [0.1, 0.15) is 6.61 Å². The average Bonchev–Trinajstić information content (AvgIpc) is 2.54. The first-order valence-corrected chi connectivity index (χ1v) is 7.98. The molecule has 0 saturated heterocycles. The molecule has 0 bridgehead atoms. The summed E-state index contributed by atoms with van der Waals surface area (Å²) in [5.74, 6) is 0.683. The van der Waals surface area contributed by atoms with Gasteiger partial charge in [-0.05, 0) is 32.3 Å². The van der Waals surface area contributed by atoms with Crippen molar-refractivity contribution in [3.63, 3.8) is 0 Å². The summed E-state index contributed by atoms with van der Waals surface area (Å²) in [7, 11) is 0. The predicted octanol–water partition coefficient (Wildman–Crippen LogP) is 2.48. The predicted molar refractivity (Wildman–Crippen MR) is 89.7 cm³/mol. The molecule has 0 radical (unpaired) electrons. The fourth-order valence-corrected chi connectivity index (χ4v) is 1.89. The maximum atomic E-state index is 11.6. The van der Waals surface area contributed by atoms with Crippen molar-refractivity contribution in [2.24, 2.45) is 4.99 Å². The molecule has 1 aromatic carbocycles. The molecule has 1 aromatic rings. The van der Waals surface area contributed by atoms with Gasteiger partial charge in [-0.3, -0.25) is 9.79 Å². The van der Waals surface area contributed by atoms with Gasteiger partial charge in [0.25, 0.3) is 0 Å². The highest BCUT2D eigenvalue weighted by molar-refractivity contribution is 5.79. The lowest BCUT2D eigenvalue weighted by molar-refractivity contribution is -0.145. The van der Waals surface area contributed by atoms with Crippen molar-refractivity contribution in [2.75, 3.05) is 19.6 Å². The van der Waals surface area contributed by atoms with Crippen LogP contribution in [0.25, 0.3) is 0 Å². The number of carbonyl (C=O) groups is 1. The molecule has 0 heterocycles. The first-order valence-electron chi connectivity index (χ1n) is 7.98. The molecule has 0 aliphatic carbocycles. The highest BCUT2D eigenvalue weighted by atomic mass is 16.5. The fourth-order valence-electron chi connectivity index (χ4n) is 1.89. The summed E-state index contributed by atoms with van der Waals surface area (Å²) in [5.41, 5.74) is 1.02. The number of benzene rings is 1. The number of nitrogens with zero attached hydrogens (tertiary/aromatic N) is 1. The number of aliphatic imine (C=N–C) groups is 1. The second kappa shape index (κ2) is 11.6. The van der Waals surface area contributed by atoms with Crippen LogP contribution in [0.1, 0.15) is 38.7 Å². The third-order valence-corrected chi connectivity index (χ3v) is 2.99. The topological polar surface area (TPSA) is 62.7 Å². The van der Waals surface area contributed by atoms with Gasteiger partial charge in [0.05, 0.1) is 0 Å². The van der Waals surface area contributed by atoms with Crippen molar-refractivity contribution < 1.29 is 9.53 Å². The number of hydrogen-bond donors (Lipinski definition) is 2. The van der Waals surface area contributed by atoms with Gasteiger partial charge >= 0.3 is 5.97 Å². The number of rotatable bonds is 9. The van der Waals surface area contributed by atoms with Crippen LogP contribution in [0.4, 0.5) is 0 Å². The molecule has 2 N–H and O–H groups in total. The molecule has 0 aromatic heterocycles. The minimum absolute atomic E-state index is 0.147. The maximum Gasteiger partial charge on any atom is 0.306 e. The van der Waals surface area contributed by atoms with Crippen LogP contribution in [0, 0.1) is 0 Å². The average molecular weight is 305 g/mol. The lowest BCUT2D eigenvalue weighted by atomic mass is 10.2. The fraction of sp³-hybridized carbons (Fsp3) is 0.529. The van der Waals surface area contributed by atoms with E-state index in [-0.39, 0.29) is 5.97 Å². The van der Waals surface area contributed by atoms with Crippen LogP contribution in [0.15, 0.2) is 35.3 Å². The SMILES string of the molecule is CCNC(=NCCCCC(=O)OCc1ccccc1)NCC. The second-order valence-corrected chi connectivity index (χ2v) is 4.89. The van der Waals surface area contributed by atoms with Crippen molar-refractivity contribution in [3.8, 4) is 0 Å². The molecule has 0 aliphatic heterocycles. The van der Waals surface area contributed by atoms with E-state index >= 15 is 0 Å². The largest absolute Gasteiger partial charge is 0.461 e. The van der Waals surface area contributed by atoms with Gasteiger partial charge in [-0.25, -0.2) is 0 Å². The Morgan fingerprint density at radius 3 is 2.41 bits per heavy atom. The first kappa shape index (κ1) is 18.0. The zero-order valence-corrected chi connectivity index (χ0v) is 13.6. The zero-order valence-electron chi connectivity index (χ0n) is 13.6. The van der Waals surface area contributed by atoms with Gasteiger partial charge in [-0.1, -0.05) is 30.3 Å². The van der Waals surface area contributed by atoms with Gasteiger partial charge in [-0.15, -0.1) is 0 Å². The van der Waals surface area contributed by atoms with Crippen molar-refractivity contribution in [1.82, 2.24) is 10.6 Å². The number of carbonyl (C=O) groups excluding carboxylic acids is 1. The van der Waals surface area contributed by atoms with Crippen molar-refractivity contribution in [1.29, 1.82) is 0 Å². The normalized spacial score (nSPS) is 9.91. The van der Waals surface area contributed by atoms with E-state index in [0.29, 0.717) is 19.6 Å². The van der Waals surface area contributed by atoms with Gasteiger partial charge < -0.3 is 15.4 Å². The zero-order chi connectivity index (χ0) is 16.0. The monoisotopic (exact) mass is 305 g/mol. The Kier molecular flexibility index (Phi) is 9.50. The van der Waals surface area contributed by atoms with Gasteiger partial charge in [0.2, 0.25) is 0 Å². The van der Waals surface area contributed by atoms with E-state index in [1.807, 2.05) is 44.2 Å². The van der Waals surface area contributed by atoms with E-state index in [9.17, 15) is 4.79 Å². The van der Waals surface area contributed by atoms with E-state index in [0.717, 1.165) is 37.5 Å². The van der Waals surface area contributed by atoms with E-state index in [2.05, 4.69) is 15.6 Å². The highest BCUT2D eigenvalue weighted by Gasteiger charge is 2.03. The van der Waals surface area contributed by atoms with Gasteiger partial charge in [-0.2, -0.15) is 0 Å². The minimum atomic E-state index is -0.147. The number of nitrogens with one attached hydrogen (secondary N) is 2. The van der Waals surface area contributed by atoms with Crippen molar-refractivity contribution in [2.45, 2.75) is 39.7 Å². The summed E-state index contributed by atoms with van der Waals surface area (Å²) in [6.45, 7) is 6.82. The number of esters is 1. The molecule has 0 amide bonds. The molecular formula is C17H27N3O2. The Labute approximate surface area is 133 Å². The van der Waals surface area contributed by atoms with E-state index in [4.69, 9.17) is 4.74 Å². The highest BCUT2D eigenvalue weighted by Crippen LogP contribution is 2.04. The number of hydrogen-bond acceptors (Lipinski definition) is 3. The van der Waals surface area contributed by atoms with Crippen molar-refractivity contribution in [3.05, 3.63) is 35.9 Å². The summed E-state index contributed by atoms with van der Waals surface area (Å²) in [6, 6.07) is 9.72. The number of guanidine groups is 1. The number of unbranched alkanes of at least 4 members (excludes halogenated alkanes) is 1. The van der Waals surface area contributed by atoms with Crippen LogP contribution in [0.5, 0.6) is 0 Å². The lowest BCUT2D eigenvalue weighted by Gasteiger charge is -2.08. The summed E-state index contributed by atoms with van der Waals surface area (Å²) in [4.78, 5) is 16.1.